The lowest BCUT2D eigenvalue weighted by molar-refractivity contribution is 0.460. The molecule has 0 spiro atoms. The minimum Gasteiger partial charge on any atom is -0.506 e. The Bertz CT molecular complexity index is 575. The molecule has 0 amide bonds. The van der Waals surface area contributed by atoms with Crippen LogP contribution in [0.4, 0.5) is 0 Å². The van der Waals surface area contributed by atoms with Gasteiger partial charge in [0, 0.05) is 17.7 Å². The van der Waals surface area contributed by atoms with Crippen LogP contribution in [0.3, 0.4) is 0 Å². The predicted molar refractivity (Wildman–Crippen MR) is 71.9 cm³/mol. The van der Waals surface area contributed by atoms with E-state index in [1.165, 1.54) is 11.1 Å². The van der Waals surface area contributed by atoms with Gasteiger partial charge in [0.25, 0.3) is 0 Å². The second-order valence-electron chi connectivity index (χ2n) is 4.97. The maximum absolute atomic E-state index is 10.0. The van der Waals surface area contributed by atoms with Gasteiger partial charge >= 0.3 is 0 Å². The Morgan fingerprint density at radius 3 is 2.61 bits per heavy atom. The molecule has 92 valence electrons. The first-order valence-corrected chi connectivity index (χ1v) is 6.50. The quantitative estimate of drug-likeness (QED) is 0.873. The Balaban J connectivity index is 2.03. The SMILES string of the molecule is Cc1nc(Cc2ccccc2)c2c(c1O)CCC2. The van der Waals surface area contributed by atoms with Gasteiger partial charge in [-0.1, -0.05) is 30.3 Å². The van der Waals surface area contributed by atoms with Crippen LogP contribution in [0.2, 0.25) is 0 Å². The molecule has 0 fully saturated rings. The zero-order chi connectivity index (χ0) is 12.5. The Morgan fingerprint density at radius 1 is 1.11 bits per heavy atom. The van der Waals surface area contributed by atoms with Crippen molar-refractivity contribution in [2.24, 2.45) is 0 Å². The lowest BCUT2D eigenvalue weighted by atomic mass is 10.0. The summed E-state index contributed by atoms with van der Waals surface area (Å²) in [5.41, 5.74) is 5.60. The van der Waals surface area contributed by atoms with Gasteiger partial charge in [-0.3, -0.25) is 4.98 Å². The van der Waals surface area contributed by atoms with E-state index in [9.17, 15) is 5.11 Å². The molecule has 18 heavy (non-hydrogen) atoms. The Labute approximate surface area is 107 Å². The van der Waals surface area contributed by atoms with Gasteiger partial charge in [0.1, 0.15) is 5.75 Å². The van der Waals surface area contributed by atoms with E-state index in [2.05, 4.69) is 29.2 Å². The number of nitrogens with zero attached hydrogens (tertiary/aromatic N) is 1. The minimum atomic E-state index is 0.416. The molecular weight excluding hydrogens is 222 g/mol. The smallest absolute Gasteiger partial charge is 0.140 e. The van der Waals surface area contributed by atoms with Crippen LogP contribution >= 0.6 is 0 Å². The maximum Gasteiger partial charge on any atom is 0.140 e. The van der Waals surface area contributed by atoms with Gasteiger partial charge < -0.3 is 5.11 Å². The highest BCUT2D eigenvalue weighted by Crippen LogP contribution is 2.34. The molecule has 1 aliphatic rings. The second kappa shape index (κ2) is 4.45. The van der Waals surface area contributed by atoms with Gasteiger partial charge in [-0.05, 0) is 37.3 Å². The molecule has 0 bridgehead atoms. The van der Waals surface area contributed by atoms with Crippen LogP contribution in [0.15, 0.2) is 30.3 Å². The van der Waals surface area contributed by atoms with Gasteiger partial charge in [0.15, 0.2) is 0 Å². The minimum absolute atomic E-state index is 0.416. The van der Waals surface area contributed by atoms with E-state index in [4.69, 9.17) is 0 Å². The molecule has 0 unspecified atom stereocenters. The number of aromatic nitrogens is 1. The number of hydrogen-bond donors (Lipinski definition) is 1. The van der Waals surface area contributed by atoms with Crippen LogP contribution in [-0.2, 0) is 19.3 Å². The van der Waals surface area contributed by atoms with E-state index in [1.54, 1.807) is 0 Å². The van der Waals surface area contributed by atoms with Crippen molar-refractivity contribution >= 4 is 0 Å². The highest BCUT2D eigenvalue weighted by atomic mass is 16.3. The summed E-state index contributed by atoms with van der Waals surface area (Å²) in [7, 11) is 0. The van der Waals surface area contributed by atoms with Crippen LogP contribution in [0, 0.1) is 6.92 Å². The van der Waals surface area contributed by atoms with Gasteiger partial charge in [-0.25, -0.2) is 0 Å². The summed E-state index contributed by atoms with van der Waals surface area (Å²) in [5, 5.41) is 10.0. The molecule has 1 N–H and O–H groups in total. The molecule has 3 rings (SSSR count). The van der Waals surface area contributed by atoms with Crippen LogP contribution in [-0.4, -0.2) is 10.1 Å². The first kappa shape index (κ1) is 11.3. The largest absolute Gasteiger partial charge is 0.506 e. The summed E-state index contributed by atoms with van der Waals surface area (Å²) in [4.78, 5) is 4.59. The third-order valence-corrected chi connectivity index (χ3v) is 3.71. The van der Waals surface area contributed by atoms with E-state index < -0.39 is 0 Å². The average Bonchev–Trinajstić information content (AvgIpc) is 2.86. The molecule has 2 nitrogen and oxygen atoms in total. The maximum atomic E-state index is 10.0. The molecule has 2 aromatic rings. The van der Waals surface area contributed by atoms with Crippen LogP contribution in [0.25, 0.3) is 0 Å². The van der Waals surface area contributed by atoms with Gasteiger partial charge in [-0.2, -0.15) is 0 Å². The molecule has 2 heteroatoms. The number of aryl methyl sites for hydroxylation is 1. The van der Waals surface area contributed by atoms with Crippen molar-refractivity contribution in [3.05, 3.63) is 58.4 Å². The van der Waals surface area contributed by atoms with E-state index >= 15 is 0 Å². The molecule has 0 saturated heterocycles. The highest BCUT2D eigenvalue weighted by Gasteiger charge is 2.21. The molecule has 1 aliphatic carbocycles. The third-order valence-electron chi connectivity index (χ3n) is 3.71. The predicted octanol–water partition coefficient (Wildman–Crippen LogP) is 3.18. The van der Waals surface area contributed by atoms with Gasteiger partial charge in [0.2, 0.25) is 0 Å². The van der Waals surface area contributed by atoms with E-state index in [-0.39, 0.29) is 0 Å². The monoisotopic (exact) mass is 239 g/mol. The number of fused-ring (bicyclic) bond motifs is 1. The fourth-order valence-electron chi connectivity index (χ4n) is 2.80. The van der Waals surface area contributed by atoms with Crippen molar-refractivity contribution in [3.8, 4) is 5.75 Å². The molecular formula is C16H17NO. The normalized spacial score (nSPS) is 13.6. The summed E-state index contributed by atoms with van der Waals surface area (Å²) >= 11 is 0. The average molecular weight is 239 g/mol. The second-order valence-corrected chi connectivity index (χ2v) is 4.97. The van der Waals surface area contributed by atoms with Crippen LogP contribution in [0.5, 0.6) is 5.75 Å². The van der Waals surface area contributed by atoms with Crippen molar-refractivity contribution in [2.45, 2.75) is 32.6 Å². The van der Waals surface area contributed by atoms with E-state index in [1.807, 2.05) is 13.0 Å². The number of benzene rings is 1. The van der Waals surface area contributed by atoms with E-state index in [0.717, 1.165) is 42.6 Å². The van der Waals surface area contributed by atoms with E-state index in [0.29, 0.717) is 5.75 Å². The van der Waals surface area contributed by atoms with Crippen LogP contribution < -0.4 is 0 Å². The lowest BCUT2D eigenvalue weighted by Crippen LogP contribution is -2.02. The Hall–Kier alpha value is -1.83. The molecule has 0 radical (unpaired) electrons. The fraction of sp³-hybridized carbons (Fsp3) is 0.312. The van der Waals surface area contributed by atoms with Gasteiger partial charge in [0.05, 0.1) is 5.69 Å². The molecule has 1 heterocycles. The van der Waals surface area contributed by atoms with Crippen LogP contribution in [0.1, 0.15) is 34.5 Å². The summed E-state index contributed by atoms with van der Waals surface area (Å²) in [6, 6.07) is 10.4. The molecule has 0 aliphatic heterocycles. The topological polar surface area (TPSA) is 33.1 Å². The number of pyridine rings is 1. The van der Waals surface area contributed by atoms with Crippen molar-refractivity contribution in [1.29, 1.82) is 0 Å². The zero-order valence-corrected chi connectivity index (χ0v) is 10.6. The zero-order valence-electron chi connectivity index (χ0n) is 10.6. The van der Waals surface area contributed by atoms with Crippen molar-refractivity contribution in [2.75, 3.05) is 0 Å². The van der Waals surface area contributed by atoms with Crippen molar-refractivity contribution in [1.82, 2.24) is 4.98 Å². The molecule has 1 aromatic carbocycles. The van der Waals surface area contributed by atoms with Gasteiger partial charge in [-0.15, -0.1) is 0 Å². The first-order valence-electron chi connectivity index (χ1n) is 6.50. The Morgan fingerprint density at radius 2 is 1.83 bits per heavy atom. The highest BCUT2D eigenvalue weighted by molar-refractivity contribution is 5.47. The lowest BCUT2D eigenvalue weighted by Gasteiger charge is -2.11. The molecule has 0 saturated carbocycles. The van der Waals surface area contributed by atoms with Crippen molar-refractivity contribution in [3.63, 3.8) is 0 Å². The number of rotatable bonds is 2. The summed E-state index contributed by atoms with van der Waals surface area (Å²) in [6.07, 6.45) is 4.05. The number of hydrogen-bond acceptors (Lipinski definition) is 2. The first-order chi connectivity index (χ1) is 8.75. The summed E-state index contributed by atoms with van der Waals surface area (Å²) in [5.74, 6) is 0.416. The third kappa shape index (κ3) is 1.88. The molecule has 0 atom stereocenters. The van der Waals surface area contributed by atoms with Crippen molar-refractivity contribution < 1.29 is 5.11 Å². The molecule has 1 aromatic heterocycles. The Kier molecular flexibility index (Phi) is 2.78. The fourth-order valence-corrected chi connectivity index (χ4v) is 2.80. The standard InChI is InChI=1S/C16H17NO/c1-11-16(18)14-9-5-8-13(14)15(17-11)10-12-6-3-2-4-7-12/h2-4,6-7,18H,5,8-10H2,1H3. The number of aromatic hydroxyl groups is 1. The summed E-state index contributed by atoms with van der Waals surface area (Å²) in [6.45, 7) is 1.89. The summed E-state index contributed by atoms with van der Waals surface area (Å²) < 4.78 is 0.